The number of nitrogens with zero attached hydrogens (tertiary/aromatic N) is 1. The summed E-state index contributed by atoms with van der Waals surface area (Å²) in [5.41, 5.74) is 0.933. The minimum absolute atomic E-state index is 0.0979. The van der Waals surface area contributed by atoms with Crippen molar-refractivity contribution in [3.8, 4) is 0 Å². The lowest BCUT2D eigenvalue weighted by atomic mass is 9.87. The predicted octanol–water partition coefficient (Wildman–Crippen LogP) is 2.81. The molecule has 7 heteroatoms. The average molecular weight is 331 g/mol. The summed E-state index contributed by atoms with van der Waals surface area (Å²) in [6.45, 7) is 0.340. The molecule has 0 aliphatic heterocycles. The van der Waals surface area contributed by atoms with Crippen LogP contribution in [0.1, 0.15) is 25.7 Å². The molecule has 1 aliphatic rings. The Morgan fingerprint density at radius 3 is 2.71 bits per heavy atom. The Hall–Kier alpha value is -1.11. The maximum atomic E-state index is 12.2. The van der Waals surface area contributed by atoms with Crippen LogP contribution in [0.25, 0.3) is 0 Å². The number of nitrogens with one attached hydrogen (secondary N) is 1. The highest BCUT2D eigenvalue weighted by Gasteiger charge is 2.23. The number of sulfonamides is 1. The van der Waals surface area contributed by atoms with Gasteiger partial charge in [-0.2, -0.15) is 0 Å². The fraction of sp³-hybridized carbons (Fsp3) is 0.500. The van der Waals surface area contributed by atoms with E-state index in [1.54, 1.807) is 12.1 Å². The van der Waals surface area contributed by atoms with E-state index in [0.717, 1.165) is 31.4 Å². The number of hydrogen-bond acceptors (Lipinski definition) is 4. The lowest BCUT2D eigenvalue weighted by Gasteiger charge is -2.23. The largest absolute Gasteiger partial charge is 0.399 e. The van der Waals surface area contributed by atoms with Crippen LogP contribution in [0.3, 0.4) is 0 Å². The van der Waals surface area contributed by atoms with Crippen LogP contribution in [-0.2, 0) is 14.9 Å². The van der Waals surface area contributed by atoms with Crippen LogP contribution in [0.15, 0.2) is 34.3 Å². The summed E-state index contributed by atoms with van der Waals surface area (Å²) in [5, 5.41) is 4.52. The van der Waals surface area contributed by atoms with E-state index in [1.807, 2.05) is 0 Å². The summed E-state index contributed by atoms with van der Waals surface area (Å²) in [4.78, 5) is 5.05. The highest BCUT2D eigenvalue weighted by Crippen LogP contribution is 2.22. The molecule has 21 heavy (non-hydrogen) atoms. The molecule has 0 saturated heterocycles. The van der Waals surface area contributed by atoms with Crippen LogP contribution in [0, 0.1) is 5.92 Å². The standard InChI is InChI=1S/C14H19ClN2O3S/c1-20-17-14-5-3-2-4-11(14)10-16-21(18,19)13-8-6-12(15)7-9-13/h6-9,11,16H,2-5,10H2,1H3/b17-14-. The molecule has 1 aliphatic carbocycles. The molecule has 1 aromatic rings. The average Bonchev–Trinajstić information content (AvgIpc) is 2.47. The second-order valence-corrected chi connectivity index (χ2v) is 7.22. The zero-order valence-corrected chi connectivity index (χ0v) is 13.5. The fourth-order valence-electron chi connectivity index (χ4n) is 2.43. The van der Waals surface area contributed by atoms with Crippen LogP contribution >= 0.6 is 11.6 Å². The van der Waals surface area contributed by atoms with Gasteiger partial charge in [-0.05, 0) is 43.5 Å². The monoisotopic (exact) mass is 330 g/mol. The van der Waals surface area contributed by atoms with Gasteiger partial charge in [0.2, 0.25) is 10.0 Å². The zero-order chi connectivity index (χ0) is 15.3. The van der Waals surface area contributed by atoms with E-state index in [0.29, 0.717) is 11.6 Å². The lowest BCUT2D eigenvalue weighted by molar-refractivity contribution is 0.208. The summed E-state index contributed by atoms with van der Waals surface area (Å²) < 4.78 is 27.1. The van der Waals surface area contributed by atoms with Gasteiger partial charge < -0.3 is 4.84 Å². The Morgan fingerprint density at radius 1 is 1.33 bits per heavy atom. The van der Waals surface area contributed by atoms with Crippen molar-refractivity contribution in [3.63, 3.8) is 0 Å². The van der Waals surface area contributed by atoms with Crippen LogP contribution in [0.5, 0.6) is 0 Å². The topological polar surface area (TPSA) is 67.8 Å². The SMILES string of the molecule is CO/N=C1/CCCCC1CNS(=O)(=O)c1ccc(Cl)cc1. The van der Waals surface area contributed by atoms with Crippen molar-refractivity contribution in [1.29, 1.82) is 0 Å². The van der Waals surface area contributed by atoms with E-state index in [1.165, 1.54) is 19.2 Å². The normalized spacial score (nSPS) is 21.4. The number of oxime groups is 1. The Balaban J connectivity index is 2.03. The smallest absolute Gasteiger partial charge is 0.240 e. The molecular formula is C14H19ClN2O3S. The van der Waals surface area contributed by atoms with Crippen molar-refractivity contribution >= 4 is 27.3 Å². The minimum Gasteiger partial charge on any atom is -0.399 e. The van der Waals surface area contributed by atoms with Crippen molar-refractivity contribution in [2.45, 2.75) is 30.6 Å². The van der Waals surface area contributed by atoms with Crippen LogP contribution in [0.2, 0.25) is 5.02 Å². The quantitative estimate of drug-likeness (QED) is 0.844. The van der Waals surface area contributed by atoms with Crippen molar-refractivity contribution in [2.24, 2.45) is 11.1 Å². The second-order valence-electron chi connectivity index (χ2n) is 5.01. The van der Waals surface area contributed by atoms with Gasteiger partial charge >= 0.3 is 0 Å². The molecule has 2 rings (SSSR count). The Labute approximate surface area is 130 Å². The molecular weight excluding hydrogens is 312 g/mol. The third kappa shape index (κ3) is 4.43. The first-order valence-corrected chi connectivity index (χ1v) is 8.74. The molecule has 0 radical (unpaired) electrons. The van der Waals surface area contributed by atoms with Gasteiger partial charge in [-0.15, -0.1) is 0 Å². The van der Waals surface area contributed by atoms with Gasteiger partial charge in [0.05, 0.1) is 10.6 Å². The van der Waals surface area contributed by atoms with Crippen LogP contribution < -0.4 is 4.72 Å². The molecule has 1 unspecified atom stereocenters. The molecule has 1 fully saturated rings. The molecule has 0 spiro atoms. The first-order chi connectivity index (χ1) is 10.0. The Kier molecular flexibility index (Phi) is 5.61. The third-order valence-corrected chi connectivity index (χ3v) is 5.25. The van der Waals surface area contributed by atoms with Crippen LogP contribution in [-0.4, -0.2) is 27.8 Å². The van der Waals surface area contributed by atoms with E-state index >= 15 is 0 Å². The molecule has 0 aromatic heterocycles. The lowest BCUT2D eigenvalue weighted by Crippen LogP contribution is -2.34. The highest BCUT2D eigenvalue weighted by molar-refractivity contribution is 7.89. The van der Waals surface area contributed by atoms with E-state index < -0.39 is 10.0 Å². The molecule has 1 aromatic carbocycles. The van der Waals surface area contributed by atoms with Gasteiger partial charge in [-0.1, -0.05) is 23.2 Å². The van der Waals surface area contributed by atoms with E-state index in [-0.39, 0.29) is 10.8 Å². The summed E-state index contributed by atoms with van der Waals surface area (Å²) in [7, 11) is -2.01. The van der Waals surface area contributed by atoms with Gasteiger partial charge in [0.1, 0.15) is 7.11 Å². The van der Waals surface area contributed by atoms with Gasteiger partial charge in [-0.3, -0.25) is 0 Å². The van der Waals surface area contributed by atoms with Gasteiger partial charge in [0.25, 0.3) is 0 Å². The van der Waals surface area contributed by atoms with Crippen molar-refractivity contribution in [2.75, 3.05) is 13.7 Å². The molecule has 0 heterocycles. The van der Waals surface area contributed by atoms with Crippen LogP contribution in [0.4, 0.5) is 0 Å². The molecule has 1 saturated carbocycles. The maximum absolute atomic E-state index is 12.2. The highest BCUT2D eigenvalue weighted by atomic mass is 35.5. The molecule has 0 bridgehead atoms. The Bertz CT molecular complexity index is 599. The minimum atomic E-state index is -3.52. The maximum Gasteiger partial charge on any atom is 0.240 e. The fourth-order valence-corrected chi connectivity index (χ4v) is 3.64. The van der Waals surface area contributed by atoms with E-state index in [2.05, 4.69) is 9.88 Å². The molecule has 1 atom stereocenters. The van der Waals surface area contributed by atoms with E-state index in [4.69, 9.17) is 16.4 Å². The molecule has 0 amide bonds. The number of rotatable bonds is 5. The summed E-state index contributed by atoms with van der Waals surface area (Å²) in [6.07, 6.45) is 3.94. The zero-order valence-electron chi connectivity index (χ0n) is 11.9. The first-order valence-electron chi connectivity index (χ1n) is 6.88. The molecule has 1 N–H and O–H groups in total. The first kappa shape index (κ1) is 16.3. The summed E-state index contributed by atoms with van der Waals surface area (Å²) >= 11 is 5.77. The van der Waals surface area contributed by atoms with Crippen molar-refractivity contribution in [3.05, 3.63) is 29.3 Å². The van der Waals surface area contributed by atoms with Gasteiger partial charge in [-0.25, -0.2) is 13.1 Å². The van der Waals surface area contributed by atoms with Crippen molar-refractivity contribution in [1.82, 2.24) is 4.72 Å². The summed E-state index contributed by atoms with van der Waals surface area (Å²) in [5.74, 6) is 0.0979. The third-order valence-electron chi connectivity index (χ3n) is 3.56. The Morgan fingerprint density at radius 2 is 2.05 bits per heavy atom. The number of hydrogen-bond donors (Lipinski definition) is 1. The molecule has 116 valence electrons. The van der Waals surface area contributed by atoms with Gasteiger partial charge in [0, 0.05) is 17.5 Å². The predicted molar refractivity (Wildman–Crippen MR) is 83.0 cm³/mol. The summed E-state index contributed by atoms with van der Waals surface area (Å²) in [6, 6.07) is 6.12. The van der Waals surface area contributed by atoms with Crippen molar-refractivity contribution < 1.29 is 13.3 Å². The number of benzene rings is 1. The molecule has 5 nitrogen and oxygen atoms in total. The number of halogens is 1. The second kappa shape index (κ2) is 7.24. The van der Waals surface area contributed by atoms with E-state index in [9.17, 15) is 8.42 Å². The van der Waals surface area contributed by atoms with Gasteiger partial charge in [0.15, 0.2) is 0 Å².